The Labute approximate surface area is 496 Å². The lowest BCUT2D eigenvalue weighted by atomic mass is 10.0. The number of carbonyl (C=O) groups excluding carboxylic acids is 3. The van der Waals surface area contributed by atoms with Crippen LogP contribution in [0.2, 0.25) is 0 Å². The Hall–Kier alpha value is -3.41. The fraction of sp³-hybridized carbons (Fsp3) is 0.770. The van der Waals surface area contributed by atoms with Crippen LogP contribution in [0.25, 0.3) is 0 Å². The largest absolute Gasteiger partial charge is 0.462 e. The van der Waals surface area contributed by atoms with Crippen molar-refractivity contribution < 1.29 is 28.6 Å². The van der Waals surface area contributed by atoms with Gasteiger partial charge in [-0.3, -0.25) is 14.4 Å². The van der Waals surface area contributed by atoms with E-state index < -0.39 is 6.10 Å². The maximum Gasteiger partial charge on any atom is 0.306 e. The van der Waals surface area contributed by atoms with E-state index in [2.05, 4.69) is 106 Å². The minimum absolute atomic E-state index is 0.0778. The van der Waals surface area contributed by atoms with Crippen LogP contribution in [0.4, 0.5) is 0 Å². The summed E-state index contributed by atoms with van der Waals surface area (Å²) in [5.74, 6) is -0.877. The van der Waals surface area contributed by atoms with Crippen molar-refractivity contribution in [1.29, 1.82) is 0 Å². The second-order valence-electron chi connectivity index (χ2n) is 23.1. The molecule has 1 unspecified atom stereocenters. The lowest BCUT2D eigenvalue weighted by Gasteiger charge is -2.18. The molecule has 0 aliphatic heterocycles. The molecule has 6 heteroatoms. The van der Waals surface area contributed by atoms with E-state index in [4.69, 9.17) is 14.2 Å². The summed E-state index contributed by atoms with van der Waals surface area (Å²) in [6.45, 7) is 6.56. The van der Waals surface area contributed by atoms with Crippen molar-refractivity contribution in [3.63, 3.8) is 0 Å². The second kappa shape index (κ2) is 68.1. The van der Waals surface area contributed by atoms with Crippen molar-refractivity contribution in [1.82, 2.24) is 0 Å². The molecule has 0 heterocycles. The normalized spacial score (nSPS) is 12.6. The van der Waals surface area contributed by atoms with Crippen LogP contribution >= 0.6 is 0 Å². The van der Waals surface area contributed by atoms with Crippen LogP contribution in [0.3, 0.4) is 0 Å². The van der Waals surface area contributed by atoms with Gasteiger partial charge in [0.15, 0.2) is 6.10 Å². The van der Waals surface area contributed by atoms with Gasteiger partial charge in [0.1, 0.15) is 13.2 Å². The summed E-state index contributed by atoms with van der Waals surface area (Å²) in [6, 6.07) is 0. The number of esters is 3. The molecule has 0 rings (SSSR count). The molecule has 0 spiro atoms. The predicted octanol–water partition coefficient (Wildman–Crippen LogP) is 23.8. The number of rotatable bonds is 63. The van der Waals surface area contributed by atoms with E-state index in [0.717, 1.165) is 122 Å². The monoisotopic (exact) mass is 1110 g/mol. The predicted molar refractivity (Wildman–Crippen MR) is 348 cm³/mol. The molecule has 0 saturated carbocycles. The molecule has 1 atom stereocenters. The third-order valence-electron chi connectivity index (χ3n) is 15.2. The highest BCUT2D eigenvalue weighted by molar-refractivity contribution is 5.71. The third-order valence-corrected chi connectivity index (χ3v) is 15.2. The number of carbonyl (C=O) groups is 3. The third kappa shape index (κ3) is 65.4. The van der Waals surface area contributed by atoms with Crippen LogP contribution in [0.15, 0.2) is 85.1 Å². The molecule has 0 aromatic carbocycles. The first kappa shape index (κ1) is 76.6. The number of ether oxygens (including phenoxy) is 3. The highest BCUT2D eigenvalue weighted by Gasteiger charge is 2.19. The van der Waals surface area contributed by atoms with Crippen LogP contribution in [-0.4, -0.2) is 37.2 Å². The lowest BCUT2D eigenvalue weighted by molar-refractivity contribution is -0.167. The molecule has 0 fully saturated rings. The minimum atomic E-state index is -0.783. The van der Waals surface area contributed by atoms with Crippen molar-refractivity contribution in [3.05, 3.63) is 85.1 Å². The number of allylic oxidation sites excluding steroid dienone is 14. The van der Waals surface area contributed by atoms with Crippen molar-refractivity contribution in [2.75, 3.05) is 13.2 Å². The van der Waals surface area contributed by atoms with E-state index in [1.807, 2.05) is 0 Å². The zero-order chi connectivity index (χ0) is 57.8. The van der Waals surface area contributed by atoms with Crippen LogP contribution in [0.1, 0.15) is 348 Å². The van der Waals surface area contributed by atoms with Crippen molar-refractivity contribution in [3.8, 4) is 0 Å². The van der Waals surface area contributed by atoms with Gasteiger partial charge in [-0.05, 0) is 77.0 Å². The summed E-state index contributed by atoms with van der Waals surface area (Å²) in [5, 5.41) is 0. The zero-order valence-electron chi connectivity index (χ0n) is 53.1. The number of hydrogen-bond donors (Lipinski definition) is 0. The van der Waals surface area contributed by atoms with Gasteiger partial charge >= 0.3 is 17.9 Å². The van der Waals surface area contributed by atoms with Crippen LogP contribution < -0.4 is 0 Å². The molecule has 0 saturated heterocycles. The Kier molecular flexibility index (Phi) is 65.2. The van der Waals surface area contributed by atoms with Gasteiger partial charge in [-0.25, -0.2) is 0 Å². The quantitative estimate of drug-likeness (QED) is 0.0261. The molecule has 0 amide bonds. The van der Waals surface area contributed by atoms with Crippen LogP contribution in [-0.2, 0) is 28.6 Å². The number of hydrogen-bond acceptors (Lipinski definition) is 6. The summed E-state index contributed by atoms with van der Waals surface area (Å²) in [5.41, 5.74) is 0. The summed E-state index contributed by atoms with van der Waals surface area (Å²) < 4.78 is 17.0. The van der Waals surface area contributed by atoms with Crippen molar-refractivity contribution >= 4 is 17.9 Å². The van der Waals surface area contributed by atoms with Crippen LogP contribution in [0, 0.1) is 0 Å². The average Bonchev–Trinajstić information content (AvgIpc) is 3.46. The molecule has 0 radical (unpaired) electrons. The molecule has 0 N–H and O–H groups in total. The van der Waals surface area contributed by atoms with E-state index in [1.165, 1.54) is 186 Å². The highest BCUT2D eigenvalue weighted by Crippen LogP contribution is 2.18. The molecule has 0 aromatic rings. The van der Waals surface area contributed by atoms with Crippen molar-refractivity contribution in [2.24, 2.45) is 0 Å². The topological polar surface area (TPSA) is 78.9 Å². The van der Waals surface area contributed by atoms with Gasteiger partial charge in [-0.15, -0.1) is 0 Å². The number of unbranched alkanes of at least 4 members (excludes halogenated alkanes) is 38. The van der Waals surface area contributed by atoms with Gasteiger partial charge < -0.3 is 14.2 Å². The molecule has 6 nitrogen and oxygen atoms in total. The Bertz CT molecular complexity index is 1520. The zero-order valence-corrected chi connectivity index (χ0v) is 53.1. The van der Waals surface area contributed by atoms with Crippen LogP contribution in [0.5, 0.6) is 0 Å². The molecular weight excluding hydrogens is 985 g/mol. The summed E-state index contributed by atoms with van der Waals surface area (Å²) >= 11 is 0. The van der Waals surface area contributed by atoms with E-state index >= 15 is 0 Å². The van der Waals surface area contributed by atoms with Gasteiger partial charge in [0, 0.05) is 19.3 Å². The van der Waals surface area contributed by atoms with Gasteiger partial charge in [0.05, 0.1) is 0 Å². The Morgan fingerprint density at radius 2 is 0.487 bits per heavy atom. The Morgan fingerprint density at radius 1 is 0.263 bits per heavy atom. The van der Waals surface area contributed by atoms with E-state index in [0.29, 0.717) is 19.3 Å². The van der Waals surface area contributed by atoms with E-state index in [1.54, 1.807) is 0 Å². The average molecular weight is 1120 g/mol. The first-order valence-electron chi connectivity index (χ1n) is 34.6. The van der Waals surface area contributed by atoms with Crippen molar-refractivity contribution in [2.45, 2.75) is 354 Å². The fourth-order valence-corrected chi connectivity index (χ4v) is 10.0. The molecular formula is C74H130O6. The first-order valence-corrected chi connectivity index (χ1v) is 34.6. The smallest absolute Gasteiger partial charge is 0.306 e. The van der Waals surface area contributed by atoms with Gasteiger partial charge in [-0.2, -0.15) is 0 Å². The maximum absolute atomic E-state index is 12.9. The molecule has 0 aromatic heterocycles. The molecule has 462 valence electrons. The van der Waals surface area contributed by atoms with E-state index in [-0.39, 0.29) is 31.1 Å². The molecule has 0 aliphatic rings. The molecule has 0 aliphatic carbocycles. The van der Waals surface area contributed by atoms with Gasteiger partial charge in [0.2, 0.25) is 0 Å². The maximum atomic E-state index is 12.9. The second-order valence-corrected chi connectivity index (χ2v) is 23.1. The highest BCUT2D eigenvalue weighted by atomic mass is 16.6. The Morgan fingerprint density at radius 3 is 0.762 bits per heavy atom. The van der Waals surface area contributed by atoms with Gasteiger partial charge in [0.25, 0.3) is 0 Å². The molecule has 80 heavy (non-hydrogen) atoms. The minimum Gasteiger partial charge on any atom is -0.462 e. The summed E-state index contributed by atoms with van der Waals surface area (Å²) in [6.07, 6.45) is 90.3. The molecule has 0 bridgehead atoms. The lowest BCUT2D eigenvalue weighted by Crippen LogP contribution is -2.30. The summed E-state index contributed by atoms with van der Waals surface area (Å²) in [7, 11) is 0. The van der Waals surface area contributed by atoms with E-state index in [9.17, 15) is 14.4 Å². The SMILES string of the molecule is CC/C=C\C/C=C\C/C=C\C/C=C\C/C=C\C/C=C\C/C=C\CCCCCCCC(=O)OCC(COC(=O)CCCCCCCCCCCCCCCC)OC(=O)CCCCCCCCCCCCCCCCCCCCCCC. The summed E-state index contributed by atoms with van der Waals surface area (Å²) in [4.78, 5) is 38.4. The standard InChI is InChI=1S/C74H130O6/c1-4-7-10-13-16-19-22-25-28-30-32-34-35-36-37-38-39-41-42-44-46-49-52-55-58-61-64-67-73(76)79-70-71(69-78-72(75)66-63-60-57-54-51-48-27-24-21-18-15-12-9-6-3)80-74(77)68-65-62-59-56-53-50-47-45-43-40-33-31-29-26-23-20-17-14-11-8-5-2/h7,10,16,19,25,28,32,34,36-37,39,41,44,46,71H,4-6,8-9,11-15,17-18,20-24,26-27,29-31,33,35,38,40,42-43,45,47-70H2,1-3H3/b10-7-,19-16-,28-25-,34-32-,37-36-,41-39-,46-44-. The first-order chi connectivity index (χ1) is 39.5. The fourth-order valence-electron chi connectivity index (χ4n) is 10.0. The Balaban J connectivity index is 4.35. The van der Waals surface area contributed by atoms with Gasteiger partial charge in [-0.1, -0.05) is 337 Å².